The molecule has 2 nitrogen and oxygen atoms in total. The van der Waals surface area contributed by atoms with E-state index >= 15 is 0 Å². The van der Waals surface area contributed by atoms with Gasteiger partial charge < -0.3 is 10.0 Å². The van der Waals surface area contributed by atoms with Crippen LogP contribution in [0.25, 0.3) is 0 Å². The van der Waals surface area contributed by atoms with Crippen molar-refractivity contribution < 1.29 is 10.0 Å². The van der Waals surface area contributed by atoms with E-state index in [-0.39, 0.29) is 0 Å². The van der Waals surface area contributed by atoms with Gasteiger partial charge in [-0.05, 0) is 23.5 Å². The van der Waals surface area contributed by atoms with E-state index in [2.05, 4.69) is 38.1 Å². The molecule has 0 saturated carbocycles. The van der Waals surface area contributed by atoms with Crippen molar-refractivity contribution in [1.82, 2.24) is 0 Å². The molecule has 2 aromatic rings. The Kier molecular flexibility index (Phi) is 3.85. The summed E-state index contributed by atoms with van der Waals surface area (Å²) in [7, 11) is -1.39. The summed E-state index contributed by atoms with van der Waals surface area (Å²) in [6.07, 6.45) is 0. The second kappa shape index (κ2) is 5.38. The fraction of sp³-hybridized carbons (Fsp3) is 0.200. The highest BCUT2D eigenvalue weighted by Gasteiger charge is 2.12. The SMILES string of the molecule is Cc1ccc(C(C)c2ccc(B(O)O)cc2)cc1. The van der Waals surface area contributed by atoms with Crippen LogP contribution in [0.4, 0.5) is 0 Å². The molecule has 0 fully saturated rings. The normalized spacial score (nSPS) is 12.2. The molecule has 0 spiro atoms. The van der Waals surface area contributed by atoms with Crippen molar-refractivity contribution >= 4 is 12.6 Å². The largest absolute Gasteiger partial charge is 0.488 e. The maximum absolute atomic E-state index is 9.06. The van der Waals surface area contributed by atoms with E-state index in [0.29, 0.717) is 11.4 Å². The van der Waals surface area contributed by atoms with E-state index in [4.69, 9.17) is 10.0 Å². The highest BCUT2D eigenvalue weighted by molar-refractivity contribution is 6.58. The van der Waals surface area contributed by atoms with Crippen molar-refractivity contribution in [2.75, 3.05) is 0 Å². The minimum atomic E-state index is -1.39. The molecule has 0 aliphatic heterocycles. The van der Waals surface area contributed by atoms with Crippen LogP contribution >= 0.6 is 0 Å². The van der Waals surface area contributed by atoms with Crippen LogP contribution in [0.3, 0.4) is 0 Å². The lowest BCUT2D eigenvalue weighted by atomic mass is 9.79. The van der Waals surface area contributed by atoms with Crippen LogP contribution in [0.2, 0.25) is 0 Å². The zero-order valence-electron chi connectivity index (χ0n) is 10.7. The van der Waals surface area contributed by atoms with Crippen molar-refractivity contribution in [2.24, 2.45) is 0 Å². The van der Waals surface area contributed by atoms with Crippen molar-refractivity contribution in [1.29, 1.82) is 0 Å². The lowest BCUT2D eigenvalue weighted by Gasteiger charge is -2.13. The van der Waals surface area contributed by atoms with Crippen LogP contribution in [0, 0.1) is 6.92 Å². The van der Waals surface area contributed by atoms with Gasteiger partial charge in [0.05, 0.1) is 0 Å². The third-order valence-electron chi connectivity index (χ3n) is 3.31. The van der Waals surface area contributed by atoms with E-state index in [1.54, 1.807) is 12.1 Å². The summed E-state index contributed by atoms with van der Waals surface area (Å²) in [5, 5.41) is 18.1. The second-order valence-corrected chi connectivity index (χ2v) is 4.67. The molecule has 0 amide bonds. The third kappa shape index (κ3) is 2.81. The maximum Gasteiger partial charge on any atom is 0.488 e. The highest BCUT2D eigenvalue weighted by Crippen LogP contribution is 2.23. The Morgan fingerprint density at radius 3 is 1.72 bits per heavy atom. The van der Waals surface area contributed by atoms with E-state index in [0.717, 1.165) is 0 Å². The Balaban J connectivity index is 2.23. The molecule has 1 unspecified atom stereocenters. The first kappa shape index (κ1) is 12.9. The summed E-state index contributed by atoms with van der Waals surface area (Å²) in [6, 6.07) is 15.9. The summed E-state index contributed by atoms with van der Waals surface area (Å²) < 4.78 is 0. The van der Waals surface area contributed by atoms with Gasteiger partial charge in [-0.2, -0.15) is 0 Å². The molecule has 0 saturated heterocycles. The highest BCUT2D eigenvalue weighted by atomic mass is 16.4. The molecule has 0 aliphatic rings. The minimum Gasteiger partial charge on any atom is -0.423 e. The fourth-order valence-corrected chi connectivity index (χ4v) is 2.00. The van der Waals surface area contributed by atoms with Crippen molar-refractivity contribution in [3.8, 4) is 0 Å². The van der Waals surface area contributed by atoms with Gasteiger partial charge in [-0.1, -0.05) is 61.0 Å². The van der Waals surface area contributed by atoms with E-state index in [9.17, 15) is 0 Å². The molecule has 2 N–H and O–H groups in total. The summed E-state index contributed by atoms with van der Waals surface area (Å²) in [4.78, 5) is 0. The van der Waals surface area contributed by atoms with Gasteiger partial charge in [-0.3, -0.25) is 0 Å². The molecular weight excluding hydrogens is 223 g/mol. The molecule has 0 heterocycles. The molecular formula is C15H17BO2. The Bertz CT molecular complexity index is 503. The van der Waals surface area contributed by atoms with Crippen LogP contribution in [-0.2, 0) is 0 Å². The van der Waals surface area contributed by atoms with Crippen LogP contribution in [0.5, 0.6) is 0 Å². The van der Waals surface area contributed by atoms with Crippen LogP contribution in [-0.4, -0.2) is 17.2 Å². The van der Waals surface area contributed by atoms with Gasteiger partial charge in [0.25, 0.3) is 0 Å². The number of benzene rings is 2. The summed E-state index contributed by atoms with van der Waals surface area (Å²) in [5.41, 5.74) is 4.21. The van der Waals surface area contributed by atoms with Gasteiger partial charge >= 0.3 is 7.12 Å². The maximum atomic E-state index is 9.06. The van der Waals surface area contributed by atoms with E-state index in [1.165, 1.54) is 16.7 Å². The van der Waals surface area contributed by atoms with E-state index < -0.39 is 7.12 Å². The molecule has 0 bridgehead atoms. The summed E-state index contributed by atoms with van der Waals surface area (Å²) in [5.74, 6) is 0.301. The molecule has 92 valence electrons. The monoisotopic (exact) mass is 240 g/mol. The van der Waals surface area contributed by atoms with Crippen molar-refractivity contribution in [3.05, 3.63) is 65.2 Å². The molecule has 2 rings (SSSR count). The Morgan fingerprint density at radius 1 is 0.833 bits per heavy atom. The molecule has 1 atom stereocenters. The van der Waals surface area contributed by atoms with Crippen molar-refractivity contribution in [3.63, 3.8) is 0 Å². The van der Waals surface area contributed by atoms with Gasteiger partial charge in [0.15, 0.2) is 0 Å². The van der Waals surface area contributed by atoms with Crippen LogP contribution in [0.15, 0.2) is 48.5 Å². The number of hydrogen-bond donors (Lipinski definition) is 2. The van der Waals surface area contributed by atoms with Crippen molar-refractivity contribution in [2.45, 2.75) is 19.8 Å². The lowest BCUT2D eigenvalue weighted by Crippen LogP contribution is -2.29. The smallest absolute Gasteiger partial charge is 0.423 e. The standard InChI is InChI=1S/C15H17BO2/c1-11-3-5-13(6-4-11)12(2)14-7-9-15(10-8-14)16(17)18/h3-10,12,17-18H,1-2H3. The number of hydrogen-bond acceptors (Lipinski definition) is 2. The quantitative estimate of drug-likeness (QED) is 0.803. The number of rotatable bonds is 3. The molecule has 0 aromatic heterocycles. The topological polar surface area (TPSA) is 40.5 Å². The van der Waals surface area contributed by atoms with Gasteiger partial charge in [0.2, 0.25) is 0 Å². The number of aryl methyl sites for hydroxylation is 1. The predicted molar refractivity (Wildman–Crippen MR) is 75.0 cm³/mol. The Labute approximate surface area is 108 Å². The summed E-state index contributed by atoms with van der Waals surface area (Å²) in [6.45, 7) is 4.22. The van der Waals surface area contributed by atoms with E-state index in [1.807, 2.05) is 12.1 Å². The Hall–Kier alpha value is -1.58. The van der Waals surface area contributed by atoms with Gasteiger partial charge in [-0.25, -0.2) is 0 Å². The summed E-state index contributed by atoms with van der Waals surface area (Å²) >= 11 is 0. The van der Waals surface area contributed by atoms with Gasteiger partial charge in [-0.15, -0.1) is 0 Å². The zero-order chi connectivity index (χ0) is 13.1. The first-order valence-electron chi connectivity index (χ1n) is 6.10. The Morgan fingerprint density at radius 2 is 1.28 bits per heavy atom. The first-order chi connectivity index (χ1) is 8.58. The molecule has 18 heavy (non-hydrogen) atoms. The average Bonchev–Trinajstić information content (AvgIpc) is 2.39. The molecule has 2 aromatic carbocycles. The van der Waals surface area contributed by atoms with Crippen LogP contribution in [0.1, 0.15) is 29.5 Å². The molecule has 0 aliphatic carbocycles. The predicted octanol–water partition coefficient (Wildman–Crippen LogP) is 1.83. The van der Waals surface area contributed by atoms with Gasteiger partial charge in [0, 0.05) is 5.92 Å². The molecule has 0 radical (unpaired) electrons. The zero-order valence-corrected chi connectivity index (χ0v) is 10.7. The lowest BCUT2D eigenvalue weighted by molar-refractivity contribution is 0.426. The molecule has 3 heteroatoms. The third-order valence-corrected chi connectivity index (χ3v) is 3.31. The average molecular weight is 240 g/mol. The minimum absolute atomic E-state index is 0.301. The second-order valence-electron chi connectivity index (χ2n) is 4.67. The van der Waals surface area contributed by atoms with Crippen LogP contribution < -0.4 is 5.46 Å². The first-order valence-corrected chi connectivity index (χ1v) is 6.10. The van der Waals surface area contributed by atoms with Gasteiger partial charge in [0.1, 0.15) is 0 Å². The fourth-order valence-electron chi connectivity index (χ4n) is 2.00.